The lowest BCUT2D eigenvalue weighted by atomic mass is 10.1. The summed E-state index contributed by atoms with van der Waals surface area (Å²) in [4.78, 5) is 16.2. The van der Waals surface area contributed by atoms with Gasteiger partial charge in [0.05, 0.1) is 5.69 Å². The summed E-state index contributed by atoms with van der Waals surface area (Å²) in [6, 6.07) is 23.3. The van der Waals surface area contributed by atoms with Gasteiger partial charge in [-0.15, -0.1) is 0 Å². The Hall–Kier alpha value is -3.18. The van der Waals surface area contributed by atoms with Gasteiger partial charge in [0.1, 0.15) is 0 Å². The molecule has 0 radical (unpaired) electrons. The number of benzene rings is 2. The lowest BCUT2D eigenvalue weighted by Gasteiger charge is -2.09. The Kier molecular flexibility index (Phi) is 6.34. The predicted octanol–water partition coefficient (Wildman–Crippen LogP) is 3.69. The molecule has 132 valence electrons. The molecule has 3 aromatic rings. The summed E-state index contributed by atoms with van der Waals surface area (Å²) in [5.74, 6) is 0. The van der Waals surface area contributed by atoms with Crippen molar-refractivity contribution in [1.82, 2.24) is 15.6 Å². The average Bonchev–Trinajstić information content (AvgIpc) is 2.69. The summed E-state index contributed by atoms with van der Waals surface area (Å²) in [6.07, 6.45) is 1.80. The highest BCUT2D eigenvalue weighted by molar-refractivity contribution is 5.89. The van der Waals surface area contributed by atoms with Crippen molar-refractivity contribution in [2.45, 2.75) is 19.6 Å². The number of para-hydroxylation sites is 1. The first-order valence-electron chi connectivity index (χ1n) is 8.58. The predicted molar refractivity (Wildman–Crippen MR) is 104 cm³/mol. The third-order valence-electron chi connectivity index (χ3n) is 3.87. The molecule has 5 nitrogen and oxygen atoms in total. The van der Waals surface area contributed by atoms with Crippen LogP contribution in [0.5, 0.6) is 0 Å². The second-order valence-electron chi connectivity index (χ2n) is 5.91. The maximum atomic E-state index is 11.9. The van der Waals surface area contributed by atoms with Crippen LogP contribution in [0.1, 0.15) is 16.8 Å². The van der Waals surface area contributed by atoms with Crippen molar-refractivity contribution in [3.05, 3.63) is 95.8 Å². The van der Waals surface area contributed by atoms with Gasteiger partial charge in [-0.25, -0.2) is 4.79 Å². The van der Waals surface area contributed by atoms with Gasteiger partial charge in [0.25, 0.3) is 0 Å². The van der Waals surface area contributed by atoms with Crippen LogP contribution >= 0.6 is 0 Å². The molecule has 0 saturated carbocycles. The van der Waals surface area contributed by atoms with E-state index >= 15 is 0 Å². The number of aromatic nitrogens is 1. The number of carbonyl (C=O) groups excluding carboxylic acids is 1. The smallest absolute Gasteiger partial charge is 0.319 e. The van der Waals surface area contributed by atoms with E-state index in [1.807, 2.05) is 60.7 Å². The lowest BCUT2D eigenvalue weighted by molar-refractivity contribution is 0.251. The van der Waals surface area contributed by atoms with Crippen molar-refractivity contribution < 1.29 is 4.79 Å². The standard InChI is InChI=1S/C21H22N4O/c26-21(25-19-6-2-1-3-7-19)24-15-18-11-9-17(10-12-18)14-22-16-20-8-4-5-13-23-20/h1-13,22H,14-16H2,(H2,24,25,26). The number of amides is 2. The van der Waals surface area contributed by atoms with Gasteiger partial charge in [-0.3, -0.25) is 4.98 Å². The first kappa shape index (κ1) is 17.6. The van der Waals surface area contributed by atoms with Gasteiger partial charge >= 0.3 is 6.03 Å². The van der Waals surface area contributed by atoms with Crippen molar-refractivity contribution in [1.29, 1.82) is 0 Å². The molecule has 2 amide bonds. The van der Waals surface area contributed by atoms with Crippen molar-refractivity contribution >= 4 is 11.7 Å². The number of carbonyl (C=O) groups is 1. The minimum Gasteiger partial charge on any atom is -0.334 e. The highest BCUT2D eigenvalue weighted by Gasteiger charge is 2.01. The minimum atomic E-state index is -0.211. The van der Waals surface area contributed by atoms with Crippen LogP contribution in [0, 0.1) is 0 Å². The van der Waals surface area contributed by atoms with E-state index in [-0.39, 0.29) is 6.03 Å². The molecule has 0 unspecified atom stereocenters. The Labute approximate surface area is 153 Å². The zero-order valence-electron chi connectivity index (χ0n) is 14.5. The summed E-state index contributed by atoms with van der Waals surface area (Å²) in [7, 11) is 0. The first-order valence-corrected chi connectivity index (χ1v) is 8.58. The number of hydrogen-bond acceptors (Lipinski definition) is 3. The Balaban J connectivity index is 1.40. The quantitative estimate of drug-likeness (QED) is 0.611. The van der Waals surface area contributed by atoms with E-state index in [2.05, 4.69) is 33.1 Å². The molecule has 3 rings (SSSR count). The molecular formula is C21H22N4O. The molecule has 0 aliphatic heterocycles. The maximum Gasteiger partial charge on any atom is 0.319 e. The highest BCUT2D eigenvalue weighted by Crippen LogP contribution is 2.06. The second-order valence-corrected chi connectivity index (χ2v) is 5.91. The van der Waals surface area contributed by atoms with Crippen LogP contribution in [-0.4, -0.2) is 11.0 Å². The molecule has 0 spiro atoms. The van der Waals surface area contributed by atoms with Crippen LogP contribution in [-0.2, 0) is 19.6 Å². The summed E-state index contributed by atoms with van der Waals surface area (Å²) in [5.41, 5.74) is 4.05. The van der Waals surface area contributed by atoms with E-state index in [0.29, 0.717) is 6.54 Å². The minimum absolute atomic E-state index is 0.211. The number of pyridine rings is 1. The number of nitrogens with one attached hydrogen (secondary N) is 3. The SMILES string of the molecule is O=C(NCc1ccc(CNCc2ccccn2)cc1)Nc1ccccc1. The van der Waals surface area contributed by atoms with Crippen molar-refractivity contribution in [2.75, 3.05) is 5.32 Å². The first-order chi connectivity index (χ1) is 12.8. The third-order valence-corrected chi connectivity index (χ3v) is 3.87. The summed E-state index contributed by atoms with van der Waals surface area (Å²) >= 11 is 0. The molecule has 2 aromatic carbocycles. The van der Waals surface area contributed by atoms with E-state index in [1.54, 1.807) is 6.20 Å². The average molecular weight is 346 g/mol. The molecule has 3 N–H and O–H groups in total. The molecule has 0 aliphatic carbocycles. The Morgan fingerprint density at radius 2 is 1.46 bits per heavy atom. The third kappa shape index (κ3) is 5.72. The molecule has 5 heteroatoms. The van der Waals surface area contributed by atoms with Gasteiger partial charge in [0.2, 0.25) is 0 Å². The Morgan fingerprint density at radius 3 is 2.15 bits per heavy atom. The zero-order valence-corrected chi connectivity index (χ0v) is 14.5. The molecule has 1 aromatic heterocycles. The van der Waals surface area contributed by atoms with Crippen LogP contribution in [0.2, 0.25) is 0 Å². The van der Waals surface area contributed by atoms with Crippen LogP contribution in [0.25, 0.3) is 0 Å². The highest BCUT2D eigenvalue weighted by atomic mass is 16.2. The molecule has 0 fully saturated rings. The molecule has 26 heavy (non-hydrogen) atoms. The van der Waals surface area contributed by atoms with Gasteiger partial charge in [0, 0.05) is 31.5 Å². The van der Waals surface area contributed by atoms with Crippen molar-refractivity contribution in [3.8, 4) is 0 Å². The molecule has 0 aliphatic rings. The van der Waals surface area contributed by atoms with Crippen LogP contribution < -0.4 is 16.0 Å². The molecule has 0 bridgehead atoms. The fourth-order valence-corrected chi connectivity index (χ4v) is 2.49. The van der Waals surface area contributed by atoms with Gasteiger partial charge in [-0.05, 0) is 35.4 Å². The van der Waals surface area contributed by atoms with Gasteiger partial charge in [-0.1, -0.05) is 48.5 Å². The summed E-state index contributed by atoms with van der Waals surface area (Å²) in [5, 5.41) is 9.03. The normalized spacial score (nSPS) is 10.3. The summed E-state index contributed by atoms with van der Waals surface area (Å²) in [6.45, 7) is 2.00. The van der Waals surface area contributed by atoms with E-state index in [9.17, 15) is 4.79 Å². The molecule has 0 saturated heterocycles. The van der Waals surface area contributed by atoms with E-state index in [1.165, 1.54) is 5.56 Å². The number of hydrogen-bond donors (Lipinski definition) is 3. The number of urea groups is 1. The fraction of sp³-hybridized carbons (Fsp3) is 0.143. The molecule has 1 heterocycles. The lowest BCUT2D eigenvalue weighted by Crippen LogP contribution is -2.28. The summed E-state index contributed by atoms with van der Waals surface area (Å²) < 4.78 is 0. The van der Waals surface area contributed by atoms with Crippen LogP contribution in [0.3, 0.4) is 0 Å². The van der Waals surface area contributed by atoms with Crippen molar-refractivity contribution in [2.24, 2.45) is 0 Å². The number of anilines is 1. The van der Waals surface area contributed by atoms with Gasteiger partial charge in [0.15, 0.2) is 0 Å². The number of nitrogens with zero attached hydrogens (tertiary/aromatic N) is 1. The largest absolute Gasteiger partial charge is 0.334 e. The molecule has 0 atom stereocenters. The molecular weight excluding hydrogens is 324 g/mol. The van der Waals surface area contributed by atoms with E-state index in [0.717, 1.165) is 30.0 Å². The van der Waals surface area contributed by atoms with Crippen LogP contribution in [0.15, 0.2) is 79.0 Å². The van der Waals surface area contributed by atoms with Gasteiger partial charge in [-0.2, -0.15) is 0 Å². The Morgan fingerprint density at radius 1 is 0.769 bits per heavy atom. The topological polar surface area (TPSA) is 66.0 Å². The zero-order chi connectivity index (χ0) is 18.0. The van der Waals surface area contributed by atoms with Crippen LogP contribution in [0.4, 0.5) is 10.5 Å². The van der Waals surface area contributed by atoms with E-state index < -0.39 is 0 Å². The fourth-order valence-electron chi connectivity index (χ4n) is 2.49. The van der Waals surface area contributed by atoms with E-state index in [4.69, 9.17) is 0 Å². The Bertz CT molecular complexity index is 804. The van der Waals surface area contributed by atoms with Gasteiger partial charge < -0.3 is 16.0 Å². The monoisotopic (exact) mass is 346 g/mol. The van der Waals surface area contributed by atoms with Crippen molar-refractivity contribution in [3.63, 3.8) is 0 Å². The number of rotatable bonds is 7. The maximum absolute atomic E-state index is 11.9. The second kappa shape index (κ2) is 9.34.